The maximum atomic E-state index is 3.65. The molecule has 2 aromatic carbocycles. The quantitative estimate of drug-likeness (QED) is 0.772. The van der Waals surface area contributed by atoms with E-state index < -0.39 is 8.96 Å². The van der Waals surface area contributed by atoms with Gasteiger partial charge in [-0.3, -0.25) is 0 Å². The van der Waals surface area contributed by atoms with Gasteiger partial charge in [-0.05, 0) is 16.9 Å². The standard InChI is InChI=1S/C14H17NSi/c1-2-15-16(13-9-5-3-6-10-13)14-11-7-4-8-12-14/h3-12,15-16H,2H2,1H3. The molecule has 2 heteroatoms. The third-order valence-corrected chi connectivity index (χ3v) is 5.59. The van der Waals surface area contributed by atoms with Gasteiger partial charge in [0.15, 0.2) is 8.96 Å². The third kappa shape index (κ3) is 2.59. The Balaban J connectivity index is 2.31. The Morgan fingerprint density at radius 1 is 0.812 bits per heavy atom. The summed E-state index contributed by atoms with van der Waals surface area (Å²) in [6, 6.07) is 21.5. The summed E-state index contributed by atoms with van der Waals surface area (Å²) in [4.78, 5) is 3.65. The van der Waals surface area contributed by atoms with E-state index in [1.807, 2.05) is 0 Å². The highest BCUT2D eigenvalue weighted by Crippen LogP contribution is 1.90. The van der Waals surface area contributed by atoms with E-state index >= 15 is 0 Å². The van der Waals surface area contributed by atoms with Gasteiger partial charge in [-0.25, -0.2) is 0 Å². The van der Waals surface area contributed by atoms with Gasteiger partial charge in [0.2, 0.25) is 0 Å². The van der Waals surface area contributed by atoms with Gasteiger partial charge in [0, 0.05) is 0 Å². The molecule has 0 unspecified atom stereocenters. The summed E-state index contributed by atoms with van der Waals surface area (Å²) in [5.41, 5.74) is 0. The number of hydrogen-bond acceptors (Lipinski definition) is 1. The second-order valence-electron chi connectivity index (χ2n) is 3.81. The molecule has 0 aliphatic carbocycles. The highest BCUT2D eigenvalue weighted by atomic mass is 28.3. The van der Waals surface area contributed by atoms with E-state index in [9.17, 15) is 0 Å². The lowest BCUT2D eigenvalue weighted by molar-refractivity contribution is 1.000. The van der Waals surface area contributed by atoms with Crippen LogP contribution in [0.2, 0.25) is 0 Å². The molecule has 0 aromatic heterocycles. The topological polar surface area (TPSA) is 12.0 Å². The Labute approximate surface area is 98.8 Å². The zero-order valence-electron chi connectivity index (χ0n) is 9.56. The fraction of sp³-hybridized carbons (Fsp3) is 0.143. The lowest BCUT2D eigenvalue weighted by Gasteiger charge is -2.16. The molecule has 1 N–H and O–H groups in total. The molecule has 0 heterocycles. The maximum absolute atomic E-state index is 3.65. The first kappa shape index (κ1) is 11.1. The fourth-order valence-corrected chi connectivity index (χ4v) is 4.40. The van der Waals surface area contributed by atoms with Crippen molar-refractivity contribution in [2.45, 2.75) is 6.92 Å². The van der Waals surface area contributed by atoms with Crippen molar-refractivity contribution in [3.05, 3.63) is 60.7 Å². The van der Waals surface area contributed by atoms with Crippen LogP contribution in [0.1, 0.15) is 6.92 Å². The second-order valence-corrected chi connectivity index (χ2v) is 6.42. The second kappa shape index (κ2) is 5.63. The summed E-state index contributed by atoms with van der Waals surface area (Å²) >= 11 is 0. The van der Waals surface area contributed by atoms with Crippen molar-refractivity contribution in [3.63, 3.8) is 0 Å². The van der Waals surface area contributed by atoms with Crippen LogP contribution in [0.4, 0.5) is 0 Å². The summed E-state index contributed by atoms with van der Waals surface area (Å²) in [6.45, 7) is 3.20. The zero-order chi connectivity index (χ0) is 11.2. The van der Waals surface area contributed by atoms with Crippen molar-refractivity contribution in [2.24, 2.45) is 0 Å². The highest BCUT2D eigenvalue weighted by Gasteiger charge is 2.13. The molecule has 0 aliphatic rings. The van der Waals surface area contributed by atoms with Crippen LogP contribution in [-0.4, -0.2) is 15.5 Å². The normalized spacial score (nSPS) is 10.6. The molecule has 2 rings (SSSR count). The van der Waals surface area contributed by atoms with E-state index in [0.29, 0.717) is 0 Å². The molecule has 82 valence electrons. The van der Waals surface area contributed by atoms with Gasteiger partial charge < -0.3 is 4.98 Å². The lowest BCUT2D eigenvalue weighted by atomic mass is 10.4. The molecule has 0 amide bonds. The van der Waals surface area contributed by atoms with Crippen LogP contribution in [0.5, 0.6) is 0 Å². The molecule has 0 atom stereocenters. The van der Waals surface area contributed by atoms with Crippen LogP contribution in [0, 0.1) is 0 Å². The van der Waals surface area contributed by atoms with E-state index in [1.165, 1.54) is 10.4 Å². The van der Waals surface area contributed by atoms with Gasteiger partial charge in [0.1, 0.15) is 0 Å². The van der Waals surface area contributed by atoms with Gasteiger partial charge in [0.05, 0.1) is 0 Å². The Morgan fingerprint density at radius 2 is 1.25 bits per heavy atom. The van der Waals surface area contributed by atoms with Crippen LogP contribution < -0.4 is 15.4 Å². The van der Waals surface area contributed by atoms with Crippen LogP contribution >= 0.6 is 0 Å². The van der Waals surface area contributed by atoms with Crippen molar-refractivity contribution < 1.29 is 0 Å². The van der Waals surface area contributed by atoms with Crippen LogP contribution in [-0.2, 0) is 0 Å². The number of benzene rings is 2. The van der Waals surface area contributed by atoms with Gasteiger partial charge in [-0.15, -0.1) is 0 Å². The SMILES string of the molecule is CCN[SiH](c1ccccc1)c1ccccc1. The van der Waals surface area contributed by atoms with Crippen molar-refractivity contribution >= 4 is 19.3 Å². The molecule has 2 aromatic rings. The third-order valence-electron chi connectivity index (χ3n) is 2.67. The molecule has 0 spiro atoms. The molecule has 16 heavy (non-hydrogen) atoms. The molecular weight excluding hydrogens is 210 g/mol. The summed E-state index contributed by atoms with van der Waals surface area (Å²) in [5, 5.41) is 2.91. The van der Waals surface area contributed by atoms with Gasteiger partial charge in [-0.1, -0.05) is 67.6 Å². The average Bonchev–Trinajstić information content (AvgIpc) is 2.38. The molecule has 0 bridgehead atoms. The molecule has 0 fully saturated rings. The summed E-state index contributed by atoms with van der Waals surface area (Å²) in [6.07, 6.45) is 0. The highest BCUT2D eigenvalue weighted by molar-refractivity contribution is 6.83. The van der Waals surface area contributed by atoms with Crippen LogP contribution in [0.3, 0.4) is 0 Å². The summed E-state index contributed by atoms with van der Waals surface area (Å²) < 4.78 is 0. The number of hydrogen-bond donors (Lipinski definition) is 1. The van der Waals surface area contributed by atoms with E-state index in [1.54, 1.807) is 0 Å². The monoisotopic (exact) mass is 227 g/mol. The Bertz CT molecular complexity index is 374. The minimum absolute atomic E-state index is 1.03. The molecular formula is C14H17NSi. The smallest absolute Gasteiger partial charge is 0.173 e. The molecule has 1 nitrogen and oxygen atoms in total. The molecule has 0 saturated heterocycles. The van der Waals surface area contributed by atoms with Gasteiger partial charge in [0.25, 0.3) is 0 Å². The van der Waals surface area contributed by atoms with E-state index in [-0.39, 0.29) is 0 Å². The number of rotatable bonds is 4. The first-order valence-electron chi connectivity index (χ1n) is 5.75. The summed E-state index contributed by atoms with van der Waals surface area (Å²) in [5.74, 6) is 0. The van der Waals surface area contributed by atoms with Crippen molar-refractivity contribution in [2.75, 3.05) is 6.54 Å². The molecule has 0 saturated carbocycles. The first-order valence-corrected chi connectivity index (χ1v) is 7.48. The van der Waals surface area contributed by atoms with Gasteiger partial charge >= 0.3 is 0 Å². The first-order chi connectivity index (χ1) is 7.92. The van der Waals surface area contributed by atoms with Crippen LogP contribution in [0.25, 0.3) is 0 Å². The Hall–Kier alpha value is -1.38. The Kier molecular flexibility index (Phi) is 3.91. The van der Waals surface area contributed by atoms with Gasteiger partial charge in [-0.2, -0.15) is 0 Å². The summed E-state index contributed by atoms with van der Waals surface area (Å²) in [7, 11) is -1.20. The van der Waals surface area contributed by atoms with E-state index in [2.05, 4.69) is 72.6 Å². The van der Waals surface area contributed by atoms with E-state index in [0.717, 1.165) is 6.54 Å². The van der Waals surface area contributed by atoms with Crippen molar-refractivity contribution in [3.8, 4) is 0 Å². The van der Waals surface area contributed by atoms with Crippen molar-refractivity contribution in [1.82, 2.24) is 4.98 Å². The fourth-order valence-electron chi connectivity index (χ4n) is 1.92. The average molecular weight is 227 g/mol. The largest absolute Gasteiger partial charge is 0.333 e. The molecule has 0 radical (unpaired) electrons. The lowest BCUT2D eigenvalue weighted by Crippen LogP contribution is -2.53. The number of nitrogens with one attached hydrogen (secondary N) is 1. The van der Waals surface area contributed by atoms with Crippen LogP contribution in [0.15, 0.2) is 60.7 Å². The minimum atomic E-state index is -1.20. The maximum Gasteiger partial charge on any atom is 0.173 e. The zero-order valence-corrected chi connectivity index (χ0v) is 10.7. The minimum Gasteiger partial charge on any atom is -0.333 e. The predicted octanol–water partition coefficient (Wildman–Crippen LogP) is 1.13. The predicted molar refractivity (Wildman–Crippen MR) is 73.0 cm³/mol. The van der Waals surface area contributed by atoms with Crippen molar-refractivity contribution in [1.29, 1.82) is 0 Å². The molecule has 0 aliphatic heterocycles. The van der Waals surface area contributed by atoms with E-state index in [4.69, 9.17) is 0 Å². The Morgan fingerprint density at radius 3 is 1.62 bits per heavy atom.